The van der Waals surface area contributed by atoms with E-state index in [4.69, 9.17) is 25.8 Å². The molecule has 1 heterocycles. The third-order valence-corrected chi connectivity index (χ3v) is 7.85. The Hall–Kier alpha value is -4.05. The van der Waals surface area contributed by atoms with Crippen molar-refractivity contribution in [2.24, 2.45) is 0 Å². The number of aryl methyl sites for hydroxylation is 2. The van der Waals surface area contributed by atoms with E-state index >= 15 is 0 Å². The van der Waals surface area contributed by atoms with Crippen LogP contribution in [0.4, 0.5) is 10.5 Å². The van der Waals surface area contributed by atoms with Crippen molar-refractivity contribution < 1.29 is 33.4 Å². The third-order valence-electron chi connectivity index (χ3n) is 7.64. The number of methoxy groups -OCH3 is 1. The van der Waals surface area contributed by atoms with E-state index in [1.807, 2.05) is 24.3 Å². The van der Waals surface area contributed by atoms with Crippen molar-refractivity contribution >= 4 is 52.1 Å². The number of ether oxygens (including phenoxy) is 3. The summed E-state index contributed by atoms with van der Waals surface area (Å²) < 4.78 is 15.4. The van der Waals surface area contributed by atoms with E-state index in [9.17, 15) is 19.2 Å². The summed E-state index contributed by atoms with van der Waals surface area (Å²) in [4.78, 5) is 53.4. The average Bonchev–Trinajstić information content (AvgIpc) is 3.35. The first-order chi connectivity index (χ1) is 21.4. The SMILES string of the molecule is CCOC(=O)CCCCc1cc(CNC(=O)OC(C)(C)C)ccc1NC(=O)CC1CCc2cc(Cl)cc3[nH]c(C(=O)OC)c1c23. The second-order valence-corrected chi connectivity index (χ2v) is 12.7. The number of halogens is 1. The van der Waals surface area contributed by atoms with Crippen LogP contribution in [0, 0.1) is 0 Å². The predicted octanol–water partition coefficient (Wildman–Crippen LogP) is 6.97. The molecule has 11 heteroatoms. The number of rotatable bonds is 12. The van der Waals surface area contributed by atoms with Crippen LogP contribution < -0.4 is 10.6 Å². The Morgan fingerprint density at radius 1 is 1.09 bits per heavy atom. The molecule has 3 N–H and O–H groups in total. The van der Waals surface area contributed by atoms with E-state index < -0.39 is 17.7 Å². The molecule has 1 aliphatic carbocycles. The number of benzene rings is 2. The molecule has 10 nitrogen and oxygen atoms in total. The van der Waals surface area contributed by atoms with E-state index in [2.05, 4.69) is 15.6 Å². The monoisotopic (exact) mass is 639 g/mol. The number of hydrogen-bond acceptors (Lipinski definition) is 7. The van der Waals surface area contributed by atoms with E-state index in [1.54, 1.807) is 33.8 Å². The van der Waals surface area contributed by atoms with E-state index in [0.717, 1.165) is 39.6 Å². The summed E-state index contributed by atoms with van der Waals surface area (Å²) >= 11 is 6.32. The van der Waals surface area contributed by atoms with Crippen LogP contribution in [-0.4, -0.2) is 48.2 Å². The molecule has 0 radical (unpaired) electrons. The van der Waals surface area contributed by atoms with Crippen LogP contribution in [0.1, 0.15) is 98.5 Å². The molecule has 0 saturated carbocycles. The van der Waals surface area contributed by atoms with Crippen molar-refractivity contribution in [3.8, 4) is 0 Å². The van der Waals surface area contributed by atoms with Crippen molar-refractivity contribution in [3.63, 3.8) is 0 Å². The molecule has 45 heavy (non-hydrogen) atoms. The van der Waals surface area contributed by atoms with Gasteiger partial charge in [-0.15, -0.1) is 0 Å². The number of alkyl carbamates (subject to hydrolysis) is 1. The number of H-pyrrole nitrogens is 1. The van der Waals surface area contributed by atoms with E-state index in [0.29, 0.717) is 55.1 Å². The van der Waals surface area contributed by atoms with Gasteiger partial charge in [-0.2, -0.15) is 0 Å². The van der Waals surface area contributed by atoms with Gasteiger partial charge in [-0.1, -0.05) is 23.7 Å². The van der Waals surface area contributed by atoms with Gasteiger partial charge in [0.25, 0.3) is 0 Å². The van der Waals surface area contributed by atoms with Crippen molar-refractivity contribution in [2.75, 3.05) is 19.0 Å². The minimum absolute atomic E-state index is 0.170. The zero-order valence-electron chi connectivity index (χ0n) is 26.6. The topological polar surface area (TPSA) is 136 Å². The smallest absolute Gasteiger partial charge is 0.407 e. The predicted molar refractivity (Wildman–Crippen MR) is 173 cm³/mol. The minimum atomic E-state index is -0.612. The molecule has 0 aliphatic heterocycles. The first kappa shape index (κ1) is 33.8. The van der Waals surface area contributed by atoms with Crippen LogP contribution in [0.3, 0.4) is 0 Å². The first-order valence-corrected chi connectivity index (χ1v) is 15.7. The molecule has 0 fully saturated rings. The second-order valence-electron chi connectivity index (χ2n) is 12.2. The molecule has 0 spiro atoms. The van der Waals surface area contributed by atoms with Gasteiger partial charge in [-0.3, -0.25) is 9.59 Å². The van der Waals surface area contributed by atoms with Crippen molar-refractivity contribution in [2.45, 2.75) is 90.7 Å². The highest BCUT2D eigenvalue weighted by atomic mass is 35.5. The molecule has 1 atom stereocenters. The number of anilines is 1. The maximum Gasteiger partial charge on any atom is 0.407 e. The largest absolute Gasteiger partial charge is 0.466 e. The maximum atomic E-state index is 13.5. The third kappa shape index (κ3) is 9.00. The van der Waals surface area contributed by atoms with Crippen molar-refractivity contribution in [1.82, 2.24) is 10.3 Å². The molecule has 4 rings (SSSR count). The average molecular weight is 640 g/mol. The number of aromatic nitrogens is 1. The Kier molecular flexibility index (Phi) is 11.1. The Morgan fingerprint density at radius 2 is 1.87 bits per heavy atom. The summed E-state index contributed by atoms with van der Waals surface area (Å²) in [6.07, 6.45) is 3.32. The van der Waals surface area contributed by atoms with Crippen LogP contribution in [-0.2, 0) is 43.2 Å². The molecule has 242 valence electrons. The zero-order chi connectivity index (χ0) is 32.7. The molecular weight excluding hydrogens is 598 g/mol. The summed E-state index contributed by atoms with van der Waals surface area (Å²) in [6, 6.07) is 9.32. The fourth-order valence-corrected chi connectivity index (χ4v) is 6.01. The second kappa shape index (κ2) is 14.8. The van der Waals surface area contributed by atoms with Crippen LogP contribution in [0.5, 0.6) is 0 Å². The fraction of sp³-hybridized carbons (Fsp3) is 0.471. The summed E-state index contributed by atoms with van der Waals surface area (Å²) in [5, 5.41) is 7.36. The normalized spacial score (nSPS) is 14.1. The highest BCUT2D eigenvalue weighted by molar-refractivity contribution is 6.31. The molecular formula is C34H42ClN3O7. The van der Waals surface area contributed by atoms with Gasteiger partial charge in [0, 0.05) is 41.0 Å². The van der Waals surface area contributed by atoms with E-state index in [-0.39, 0.29) is 30.8 Å². The summed E-state index contributed by atoms with van der Waals surface area (Å²) in [5.74, 6) is -1.11. The number of nitrogens with one attached hydrogen (secondary N) is 3. The van der Waals surface area contributed by atoms with Crippen molar-refractivity contribution in [3.05, 3.63) is 63.3 Å². The van der Waals surface area contributed by atoms with Crippen LogP contribution in [0.15, 0.2) is 30.3 Å². The van der Waals surface area contributed by atoms with Gasteiger partial charge in [0.1, 0.15) is 11.3 Å². The standard InChI is InChI=1S/C34H42ClN3O7/c1-6-44-28(40)10-8-7-9-21-15-20(19-36-33(42)45-34(2,3)4)11-14-25(21)37-27(39)17-23-13-12-22-16-24(35)18-26-29(22)30(23)31(38-26)32(41)43-5/h11,14-16,18,23,38H,6-10,12-13,17,19H2,1-5H3,(H,36,42)(H,37,39). The highest BCUT2D eigenvalue weighted by Gasteiger charge is 2.31. The van der Waals surface area contributed by atoms with Gasteiger partial charge in [0.05, 0.1) is 13.7 Å². The van der Waals surface area contributed by atoms with Crippen LogP contribution in [0.25, 0.3) is 10.9 Å². The van der Waals surface area contributed by atoms with Crippen LogP contribution in [0.2, 0.25) is 5.02 Å². The van der Waals surface area contributed by atoms with Crippen molar-refractivity contribution in [1.29, 1.82) is 0 Å². The summed E-state index contributed by atoms with van der Waals surface area (Å²) in [7, 11) is 1.33. The molecule has 1 aliphatic rings. The lowest BCUT2D eigenvalue weighted by molar-refractivity contribution is -0.143. The van der Waals surface area contributed by atoms with Gasteiger partial charge >= 0.3 is 18.0 Å². The lowest BCUT2D eigenvalue weighted by Gasteiger charge is -2.24. The van der Waals surface area contributed by atoms with Gasteiger partial charge in [0.2, 0.25) is 5.91 Å². The molecule has 1 unspecified atom stereocenters. The molecule has 2 aromatic carbocycles. The molecule has 3 aromatic rings. The molecule has 0 saturated heterocycles. The fourth-order valence-electron chi connectivity index (χ4n) is 5.77. The summed E-state index contributed by atoms with van der Waals surface area (Å²) in [6.45, 7) is 7.78. The van der Waals surface area contributed by atoms with Gasteiger partial charge in [-0.05, 0) is 106 Å². The minimum Gasteiger partial charge on any atom is -0.466 e. The number of carbonyl (C=O) groups is 4. The highest BCUT2D eigenvalue weighted by Crippen LogP contribution is 2.42. The Labute approximate surface area is 268 Å². The molecule has 0 bridgehead atoms. The van der Waals surface area contributed by atoms with Gasteiger partial charge in [-0.25, -0.2) is 9.59 Å². The lowest BCUT2D eigenvalue weighted by Crippen LogP contribution is -2.32. The lowest BCUT2D eigenvalue weighted by atomic mass is 9.81. The van der Waals surface area contributed by atoms with Gasteiger partial charge < -0.3 is 29.8 Å². The number of esters is 2. The Bertz CT molecular complexity index is 1570. The molecule has 1 aromatic heterocycles. The maximum absolute atomic E-state index is 13.5. The Morgan fingerprint density at radius 3 is 2.58 bits per heavy atom. The zero-order valence-corrected chi connectivity index (χ0v) is 27.3. The van der Waals surface area contributed by atoms with E-state index in [1.165, 1.54) is 7.11 Å². The number of unbranched alkanes of at least 4 members (excludes halogenated alkanes) is 1. The number of hydrogen-bond donors (Lipinski definition) is 3. The number of carbonyl (C=O) groups excluding carboxylic acids is 4. The van der Waals surface area contributed by atoms with Gasteiger partial charge in [0.15, 0.2) is 0 Å². The number of amides is 2. The number of aromatic amines is 1. The Balaban J connectivity index is 1.51. The first-order valence-electron chi connectivity index (χ1n) is 15.3. The summed E-state index contributed by atoms with van der Waals surface area (Å²) in [5.41, 5.74) is 4.70. The molecule has 2 amide bonds. The quantitative estimate of drug-likeness (QED) is 0.111. The van der Waals surface area contributed by atoms with Crippen LogP contribution >= 0.6 is 11.6 Å².